The molecule has 1 saturated heterocycles. The molecule has 21 heavy (non-hydrogen) atoms. The van der Waals surface area contributed by atoms with E-state index in [1.54, 1.807) is 6.92 Å². The molecule has 0 bridgehead atoms. The first-order chi connectivity index (χ1) is 9.88. The number of nitro groups is 1. The molecule has 0 aliphatic carbocycles. The third-order valence-electron chi connectivity index (χ3n) is 3.68. The summed E-state index contributed by atoms with van der Waals surface area (Å²) in [6.07, 6.45) is 0. The summed E-state index contributed by atoms with van der Waals surface area (Å²) in [5.41, 5.74) is 5.30. The lowest BCUT2D eigenvalue weighted by Gasteiger charge is -2.25. The number of carbonyl (C=O) groups is 1. The topological polar surface area (TPSA) is 117 Å². The van der Waals surface area contributed by atoms with Gasteiger partial charge in [-0.25, -0.2) is 0 Å². The monoisotopic (exact) mass is 295 g/mol. The number of non-ortho nitro benzene ring substituents is 1. The number of amides is 1. The van der Waals surface area contributed by atoms with Crippen LogP contribution in [0.15, 0.2) is 18.2 Å². The van der Waals surface area contributed by atoms with E-state index in [0.717, 1.165) is 0 Å². The fourth-order valence-electron chi connectivity index (χ4n) is 2.08. The van der Waals surface area contributed by atoms with Crippen LogP contribution in [0, 0.1) is 15.5 Å². The molecule has 3 N–H and O–H groups in total. The van der Waals surface area contributed by atoms with E-state index in [-0.39, 0.29) is 24.0 Å². The summed E-state index contributed by atoms with van der Waals surface area (Å²) in [6.45, 7) is 2.27. The fraction of sp³-hybridized carbons (Fsp3) is 0.462. The van der Waals surface area contributed by atoms with Gasteiger partial charge >= 0.3 is 0 Å². The Morgan fingerprint density at radius 3 is 2.86 bits per heavy atom. The molecule has 2 unspecified atom stereocenters. The second-order valence-electron chi connectivity index (χ2n) is 5.13. The normalized spacial score (nSPS) is 24.6. The molecule has 0 radical (unpaired) electrons. The van der Waals surface area contributed by atoms with Crippen molar-refractivity contribution >= 4 is 17.3 Å². The van der Waals surface area contributed by atoms with Crippen LogP contribution < -0.4 is 15.8 Å². The van der Waals surface area contributed by atoms with Crippen LogP contribution >= 0.6 is 0 Å². The van der Waals surface area contributed by atoms with E-state index in [0.29, 0.717) is 12.3 Å². The number of nitrogens with two attached hydrogens (primary N) is 1. The average Bonchev–Trinajstić information content (AvgIpc) is 2.80. The standard InChI is InChI=1S/C13H17N3O5/c1-13(7-21-6-11(13)14)12(17)15-9-4-3-8(16(18)19)5-10(9)20-2/h3-5,11H,6-7,14H2,1-2H3,(H,15,17). The highest BCUT2D eigenvalue weighted by Gasteiger charge is 2.44. The van der Waals surface area contributed by atoms with E-state index < -0.39 is 16.4 Å². The third-order valence-corrected chi connectivity index (χ3v) is 3.68. The van der Waals surface area contributed by atoms with Crippen molar-refractivity contribution < 1.29 is 19.2 Å². The molecule has 0 spiro atoms. The van der Waals surface area contributed by atoms with Crippen molar-refractivity contribution in [2.45, 2.75) is 13.0 Å². The smallest absolute Gasteiger partial charge is 0.273 e. The van der Waals surface area contributed by atoms with E-state index in [4.69, 9.17) is 15.2 Å². The van der Waals surface area contributed by atoms with Gasteiger partial charge in [-0.1, -0.05) is 0 Å². The number of hydrogen-bond acceptors (Lipinski definition) is 6. The quantitative estimate of drug-likeness (QED) is 0.629. The Morgan fingerprint density at radius 2 is 2.33 bits per heavy atom. The van der Waals surface area contributed by atoms with Gasteiger partial charge in [0.2, 0.25) is 5.91 Å². The molecule has 2 atom stereocenters. The number of nitrogens with zero attached hydrogens (tertiary/aromatic N) is 1. The van der Waals surface area contributed by atoms with Gasteiger partial charge < -0.3 is 20.5 Å². The molecule has 1 aliphatic heterocycles. The molecule has 1 aromatic carbocycles. The van der Waals surface area contributed by atoms with Crippen molar-refractivity contribution in [3.63, 3.8) is 0 Å². The van der Waals surface area contributed by atoms with Crippen LogP contribution in [0.4, 0.5) is 11.4 Å². The maximum absolute atomic E-state index is 12.4. The van der Waals surface area contributed by atoms with Gasteiger partial charge in [0.05, 0.1) is 42.4 Å². The Hall–Kier alpha value is -2.19. The number of carbonyl (C=O) groups excluding carboxylic acids is 1. The number of methoxy groups -OCH3 is 1. The molecule has 8 nitrogen and oxygen atoms in total. The highest BCUT2D eigenvalue weighted by molar-refractivity contribution is 5.97. The Morgan fingerprint density at radius 1 is 1.62 bits per heavy atom. The lowest BCUT2D eigenvalue weighted by molar-refractivity contribution is -0.384. The van der Waals surface area contributed by atoms with E-state index in [2.05, 4.69) is 5.32 Å². The third kappa shape index (κ3) is 2.81. The van der Waals surface area contributed by atoms with Gasteiger partial charge in [-0.3, -0.25) is 14.9 Å². The van der Waals surface area contributed by atoms with Crippen molar-refractivity contribution in [2.75, 3.05) is 25.6 Å². The van der Waals surface area contributed by atoms with Crippen LogP contribution in [0.3, 0.4) is 0 Å². The minimum absolute atomic E-state index is 0.114. The summed E-state index contributed by atoms with van der Waals surface area (Å²) in [6, 6.07) is 3.58. The zero-order valence-electron chi connectivity index (χ0n) is 11.8. The predicted octanol–water partition coefficient (Wildman–Crippen LogP) is 0.906. The Bertz CT molecular complexity index is 577. The Labute approximate surface area is 121 Å². The number of nitro benzene ring substituents is 1. The van der Waals surface area contributed by atoms with Gasteiger partial charge in [0.1, 0.15) is 5.75 Å². The first-order valence-corrected chi connectivity index (χ1v) is 6.35. The van der Waals surface area contributed by atoms with Crippen LogP contribution in [-0.2, 0) is 9.53 Å². The molecule has 0 saturated carbocycles. The number of rotatable bonds is 4. The van der Waals surface area contributed by atoms with Gasteiger partial charge in [0.25, 0.3) is 5.69 Å². The van der Waals surface area contributed by atoms with Crippen LogP contribution in [0.1, 0.15) is 6.92 Å². The van der Waals surface area contributed by atoms with Gasteiger partial charge in [-0.05, 0) is 13.0 Å². The molecule has 114 valence electrons. The molecule has 1 amide bonds. The molecule has 1 fully saturated rings. The average molecular weight is 295 g/mol. The number of benzene rings is 1. The molecular formula is C13H17N3O5. The summed E-state index contributed by atoms with van der Waals surface area (Å²) in [7, 11) is 1.38. The number of anilines is 1. The van der Waals surface area contributed by atoms with Gasteiger partial charge in [-0.15, -0.1) is 0 Å². The van der Waals surface area contributed by atoms with Crippen molar-refractivity contribution in [1.82, 2.24) is 0 Å². The maximum Gasteiger partial charge on any atom is 0.273 e. The summed E-state index contributed by atoms with van der Waals surface area (Å²) in [4.78, 5) is 22.6. The fourth-order valence-corrected chi connectivity index (χ4v) is 2.08. The van der Waals surface area contributed by atoms with E-state index in [1.165, 1.54) is 25.3 Å². The van der Waals surface area contributed by atoms with Crippen molar-refractivity contribution in [3.05, 3.63) is 28.3 Å². The van der Waals surface area contributed by atoms with Gasteiger partial charge in [0, 0.05) is 12.1 Å². The minimum atomic E-state index is -0.840. The number of hydrogen-bond donors (Lipinski definition) is 2. The van der Waals surface area contributed by atoms with Gasteiger partial charge in [0.15, 0.2) is 0 Å². The van der Waals surface area contributed by atoms with Crippen LogP contribution in [-0.4, -0.2) is 37.2 Å². The van der Waals surface area contributed by atoms with Crippen LogP contribution in [0.5, 0.6) is 5.75 Å². The molecule has 8 heteroatoms. The largest absolute Gasteiger partial charge is 0.494 e. The zero-order valence-corrected chi connectivity index (χ0v) is 11.8. The lowest BCUT2D eigenvalue weighted by Crippen LogP contribution is -2.47. The van der Waals surface area contributed by atoms with Crippen molar-refractivity contribution in [2.24, 2.45) is 11.1 Å². The molecule has 1 heterocycles. The number of ether oxygens (including phenoxy) is 2. The predicted molar refractivity (Wildman–Crippen MR) is 75.2 cm³/mol. The summed E-state index contributed by atoms with van der Waals surface area (Å²) < 4.78 is 10.3. The first-order valence-electron chi connectivity index (χ1n) is 6.35. The Kier molecular flexibility index (Phi) is 4.10. The number of nitrogens with one attached hydrogen (secondary N) is 1. The van der Waals surface area contributed by atoms with Crippen LogP contribution in [0.2, 0.25) is 0 Å². The van der Waals surface area contributed by atoms with E-state index in [1.807, 2.05) is 0 Å². The Balaban J connectivity index is 2.23. The highest BCUT2D eigenvalue weighted by Crippen LogP contribution is 2.33. The maximum atomic E-state index is 12.4. The molecule has 1 aliphatic rings. The van der Waals surface area contributed by atoms with E-state index >= 15 is 0 Å². The first kappa shape index (κ1) is 15.2. The SMILES string of the molecule is COc1cc([N+](=O)[O-])ccc1NC(=O)C1(C)COCC1N. The van der Waals surface area contributed by atoms with Crippen molar-refractivity contribution in [3.8, 4) is 5.75 Å². The molecule has 2 rings (SSSR count). The molecule has 0 aromatic heterocycles. The lowest BCUT2D eigenvalue weighted by atomic mass is 9.85. The minimum Gasteiger partial charge on any atom is -0.494 e. The molecular weight excluding hydrogens is 278 g/mol. The second-order valence-corrected chi connectivity index (χ2v) is 5.13. The van der Waals surface area contributed by atoms with E-state index in [9.17, 15) is 14.9 Å². The van der Waals surface area contributed by atoms with Gasteiger partial charge in [-0.2, -0.15) is 0 Å². The van der Waals surface area contributed by atoms with Crippen LogP contribution in [0.25, 0.3) is 0 Å². The van der Waals surface area contributed by atoms with Crippen molar-refractivity contribution in [1.29, 1.82) is 0 Å². The zero-order chi connectivity index (χ0) is 15.6. The second kappa shape index (κ2) is 5.66. The summed E-state index contributed by atoms with van der Waals surface area (Å²) >= 11 is 0. The summed E-state index contributed by atoms with van der Waals surface area (Å²) in [5, 5.41) is 13.4. The molecule has 1 aromatic rings. The highest BCUT2D eigenvalue weighted by atomic mass is 16.6. The summed E-state index contributed by atoms with van der Waals surface area (Å²) in [5.74, 6) is -0.0895.